The highest BCUT2D eigenvalue weighted by atomic mass is 32.2. The standard InChI is InChI=1S/C17H24N2O4S/c20-15-12-18(13-15)17(21)9-6-14-4-7-16(8-5-14)24(22,23)19-10-2-1-3-11-19/h4-5,7-8,15,20H,1-3,6,9-13H2. The van der Waals surface area contributed by atoms with Gasteiger partial charge in [-0.05, 0) is 37.0 Å². The number of carbonyl (C=O) groups is 1. The van der Waals surface area contributed by atoms with Crippen LogP contribution in [0.2, 0.25) is 0 Å². The molecule has 7 heteroatoms. The van der Waals surface area contributed by atoms with Crippen molar-refractivity contribution in [3.63, 3.8) is 0 Å². The number of hydrogen-bond acceptors (Lipinski definition) is 4. The average molecular weight is 352 g/mol. The number of benzene rings is 1. The van der Waals surface area contributed by atoms with E-state index in [1.165, 1.54) is 0 Å². The first kappa shape index (κ1) is 17.4. The zero-order chi connectivity index (χ0) is 17.2. The van der Waals surface area contributed by atoms with Crippen molar-refractivity contribution in [1.82, 2.24) is 9.21 Å². The first-order valence-electron chi connectivity index (χ1n) is 8.52. The Kier molecular flexibility index (Phi) is 5.22. The number of aliphatic hydroxyl groups excluding tert-OH is 1. The van der Waals surface area contributed by atoms with E-state index in [9.17, 15) is 18.3 Å². The van der Waals surface area contributed by atoms with Crippen LogP contribution in [0.5, 0.6) is 0 Å². The van der Waals surface area contributed by atoms with Gasteiger partial charge in [-0.15, -0.1) is 0 Å². The molecule has 0 aromatic heterocycles. The van der Waals surface area contributed by atoms with E-state index >= 15 is 0 Å². The van der Waals surface area contributed by atoms with E-state index in [0.29, 0.717) is 43.9 Å². The predicted molar refractivity (Wildman–Crippen MR) is 90.0 cm³/mol. The van der Waals surface area contributed by atoms with Crippen molar-refractivity contribution in [2.45, 2.75) is 43.1 Å². The zero-order valence-electron chi connectivity index (χ0n) is 13.7. The lowest BCUT2D eigenvalue weighted by molar-refractivity contribution is -0.141. The lowest BCUT2D eigenvalue weighted by Gasteiger charge is -2.35. The number of amides is 1. The Morgan fingerprint density at radius 1 is 1.08 bits per heavy atom. The maximum Gasteiger partial charge on any atom is 0.243 e. The summed E-state index contributed by atoms with van der Waals surface area (Å²) in [5.74, 6) is 0.0327. The molecule has 3 rings (SSSR count). The highest BCUT2D eigenvalue weighted by molar-refractivity contribution is 7.89. The monoisotopic (exact) mass is 352 g/mol. The van der Waals surface area contributed by atoms with E-state index < -0.39 is 10.0 Å². The Labute approximate surface area is 143 Å². The van der Waals surface area contributed by atoms with Crippen LogP contribution in [0, 0.1) is 0 Å². The van der Waals surface area contributed by atoms with Crippen LogP contribution < -0.4 is 0 Å². The van der Waals surface area contributed by atoms with Crippen LogP contribution in [0.15, 0.2) is 29.2 Å². The fourth-order valence-corrected chi connectivity index (χ4v) is 4.67. The number of hydrogen-bond donors (Lipinski definition) is 1. The van der Waals surface area contributed by atoms with Gasteiger partial charge in [-0.3, -0.25) is 4.79 Å². The van der Waals surface area contributed by atoms with Crippen molar-refractivity contribution in [1.29, 1.82) is 0 Å². The molecular weight excluding hydrogens is 328 g/mol. The number of β-amino-alcohol motifs (C(OH)–C–C–N with tert-alkyl or cyclic N) is 1. The fraction of sp³-hybridized carbons (Fsp3) is 0.588. The van der Waals surface area contributed by atoms with Crippen LogP contribution in [0.4, 0.5) is 0 Å². The number of likely N-dealkylation sites (tertiary alicyclic amines) is 1. The minimum atomic E-state index is -3.39. The number of rotatable bonds is 5. The molecule has 0 radical (unpaired) electrons. The molecule has 0 saturated carbocycles. The van der Waals surface area contributed by atoms with Crippen LogP contribution in [0.25, 0.3) is 0 Å². The Hall–Kier alpha value is -1.44. The molecule has 0 aliphatic carbocycles. The molecule has 0 spiro atoms. The lowest BCUT2D eigenvalue weighted by atomic mass is 10.1. The lowest BCUT2D eigenvalue weighted by Crippen LogP contribution is -2.53. The molecule has 0 bridgehead atoms. The van der Waals surface area contributed by atoms with Crippen LogP contribution in [-0.2, 0) is 21.2 Å². The summed E-state index contributed by atoms with van der Waals surface area (Å²) in [5, 5.41) is 9.21. The molecule has 2 aliphatic rings. The number of carbonyl (C=O) groups excluding carboxylic acids is 1. The zero-order valence-corrected chi connectivity index (χ0v) is 14.5. The molecule has 0 unspecified atom stereocenters. The minimum absolute atomic E-state index is 0.0327. The molecule has 0 atom stereocenters. The van der Waals surface area contributed by atoms with Gasteiger partial charge in [0.25, 0.3) is 0 Å². The molecule has 6 nitrogen and oxygen atoms in total. The van der Waals surface area contributed by atoms with Crippen molar-refractivity contribution in [3.05, 3.63) is 29.8 Å². The second-order valence-electron chi connectivity index (χ2n) is 6.56. The van der Waals surface area contributed by atoms with Crippen molar-refractivity contribution in [2.24, 2.45) is 0 Å². The maximum absolute atomic E-state index is 12.6. The third kappa shape index (κ3) is 3.79. The third-order valence-corrected chi connectivity index (χ3v) is 6.63. The molecule has 132 valence electrons. The largest absolute Gasteiger partial charge is 0.389 e. The van der Waals surface area contributed by atoms with Gasteiger partial charge in [0.15, 0.2) is 0 Å². The van der Waals surface area contributed by atoms with Gasteiger partial charge in [0, 0.05) is 32.6 Å². The summed E-state index contributed by atoms with van der Waals surface area (Å²) in [6.07, 6.45) is 3.51. The normalized spacial score (nSPS) is 20.0. The number of nitrogens with zero attached hydrogens (tertiary/aromatic N) is 2. The van der Waals surface area contributed by atoms with Gasteiger partial charge in [-0.1, -0.05) is 18.6 Å². The molecule has 1 N–H and O–H groups in total. The molecule has 1 aromatic carbocycles. The topological polar surface area (TPSA) is 77.9 Å². The maximum atomic E-state index is 12.6. The Bertz CT molecular complexity index is 675. The third-order valence-electron chi connectivity index (χ3n) is 4.72. The molecule has 1 aromatic rings. The smallest absolute Gasteiger partial charge is 0.243 e. The van der Waals surface area contributed by atoms with Gasteiger partial charge >= 0.3 is 0 Å². The highest BCUT2D eigenvalue weighted by Crippen LogP contribution is 2.21. The molecule has 2 aliphatic heterocycles. The Morgan fingerprint density at radius 3 is 2.29 bits per heavy atom. The minimum Gasteiger partial charge on any atom is -0.389 e. The number of aryl methyl sites for hydroxylation is 1. The van der Waals surface area contributed by atoms with Gasteiger partial charge in [0.1, 0.15) is 0 Å². The van der Waals surface area contributed by atoms with Gasteiger partial charge in [-0.2, -0.15) is 4.31 Å². The summed E-state index contributed by atoms with van der Waals surface area (Å²) in [7, 11) is -3.39. The fourth-order valence-electron chi connectivity index (χ4n) is 3.15. The van der Waals surface area contributed by atoms with E-state index in [-0.39, 0.29) is 12.0 Å². The van der Waals surface area contributed by atoms with Crippen LogP contribution >= 0.6 is 0 Å². The Morgan fingerprint density at radius 2 is 1.71 bits per heavy atom. The summed E-state index contributed by atoms with van der Waals surface area (Å²) in [4.78, 5) is 13.9. The van der Waals surface area contributed by atoms with Crippen molar-refractivity contribution >= 4 is 15.9 Å². The van der Waals surface area contributed by atoms with E-state index in [2.05, 4.69) is 0 Å². The SMILES string of the molecule is O=C(CCc1ccc(S(=O)(=O)N2CCCCC2)cc1)N1CC(O)C1. The summed E-state index contributed by atoms with van der Waals surface area (Å²) in [6, 6.07) is 6.85. The molecule has 2 fully saturated rings. The van der Waals surface area contributed by atoms with E-state index in [1.807, 2.05) is 0 Å². The van der Waals surface area contributed by atoms with E-state index in [0.717, 1.165) is 24.8 Å². The van der Waals surface area contributed by atoms with Gasteiger partial charge < -0.3 is 10.0 Å². The second kappa shape index (κ2) is 7.21. The quantitative estimate of drug-likeness (QED) is 0.857. The van der Waals surface area contributed by atoms with Crippen molar-refractivity contribution in [3.8, 4) is 0 Å². The Balaban J connectivity index is 1.57. The van der Waals surface area contributed by atoms with Gasteiger partial charge in [-0.25, -0.2) is 8.42 Å². The summed E-state index contributed by atoms with van der Waals surface area (Å²) < 4.78 is 26.7. The number of aliphatic hydroxyl groups is 1. The van der Waals surface area contributed by atoms with Gasteiger partial charge in [0.2, 0.25) is 15.9 Å². The number of piperidine rings is 1. The first-order chi connectivity index (χ1) is 11.5. The predicted octanol–water partition coefficient (Wildman–Crippen LogP) is 0.997. The van der Waals surface area contributed by atoms with Crippen molar-refractivity contribution in [2.75, 3.05) is 26.2 Å². The first-order valence-corrected chi connectivity index (χ1v) is 9.96. The van der Waals surface area contributed by atoms with E-state index in [4.69, 9.17) is 0 Å². The van der Waals surface area contributed by atoms with Gasteiger partial charge in [0.05, 0.1) is 11.0 Å². The average Bonchev–Trinajstić information content (AvgIpc) is 2.58. The molecule has 2 saturated heterocycles. The second-order valence-corrected chi connectivity index (χ2v) is 8.50. The molecule has 24 heavy (non-hydrogen) atoms. The van der Waals surface area contributed by atoms with Crippen LogP contribution in [-0.4, -0.2) is 60.9 Å². The van der Waals surface area contributed by atoms with E-state index in [1.54, 1.807) is 33.5 Å². The molecule has 1 amide bonds. The van der Waals surface area contributed by atoms with Crippen LogP contribution in [0.1, 0.15) is 31.2 Å². The summed E-state index contributed by atoms with van der Waals surface area (Å²) in [5.41, 5.74) is 0.946. The van der Waals surface area contributed by atoms with Crippen LogP contribution in [0.3, 0.4) is 0 Å². The summed E-state index contributed by atoms with van der Waals surface area (Å²) >= 11 is 0. The molecule has 2 heterocycles. The highest BCUT2D eigenvalue weighted by Gasteiger charge is 2.28. The van der Waals surface area contributed by atoms with Crippen molar-refractivity contribution < 1.29 is 18.3 Å². The summed E-state index contributed by atoms with van der Waals surface area (Å²) in [6.45, 7) is 2.04. The molecular formula is C17H24N2O4S. The number of sulfonamides is 1.